The van der Waals surface area contributed by atoms with Gasteiger partial charge in [0.2, 0.25) is 0 Å². The Kier molecular flexibility index (Phi) is 4.19. The molecule has 1 aliphatic heterocycles. The van der Waals surface area contributed by atoms with Crippen molar-refractivity contribution in [3.05, 3.63) is 77.9 Å². The number of dihydropyridines is 1. The molecule has 0 saturated heterocycles. The molecule has 0 spiro atoms. The fourth-order valence-corrected chi connectivity index (χ4v) is 1.93. The molecule has 0 aliphatic carbocycles. The fraction of sp³-hybridized carbons (Fsp3) is 0.176. The predicted octanol–water partition coefficient (Wildman–Crippen LogP) is 3.86. The standard InChI is InChI=1S/C17H19N/c1-3-5-6-15-9-12-17(18-13-15)16-10-7-14(4-2)8-11-16/h3,5-12,18H,1,4,13H2,2H3/b6-5-. The molecule has 0 unspecified atom stereocenters. The first kappa shape index (κ1) is 12.4. The number of rotatable bonds is 4. The Labute approximate surface area is 109 Å². The van der Waals surface area contributed by atoms with Crippen molar-refractivity contribution in [3.8, 4) is 0 Å². The number of allylic oxidation sites excluding steroid dienone is 4. The third-order valence-electron chi connectivity index (χ3n) is 3.07. The number of benzene rings is 1. The zero-order valence-corrected chi connectivity index (χ0v) is 10.8. The van der Waals surface area contributed by atoms with Crippen molar-refractivity contribution in [3.63, 3.8) is 0 Å². The molecule has 18 heavy (non-hydrogen) atoms. The van der Waals surface area contributed by atoms with Crippen molar-refractivity contribution >= 4 is 5.70 Å². The molecule has 0 bridgehead atoms. The average molecular weight is 237 g/mol. The quantitative estimate of drug-likeness (QED) is 0.784. The summed E-state index contributed by atoms with van der Waals surface area (Å²) in [5, 5.41) is 3.44. The van der Waals surface area contributed by atoms with Crippen LogP contribution >= 0.6 is 0 Å². The number of nitrogens with one attached hydrogen (secondary N) is 1. The van der Waals surface area contributed by atoms with E-state index in [1.54, 1.807) is 6.08 Å². The van der Waals surface area contributed by atoms with Crippen LogP contribution in [0.5, 0.6) is 0 Å². The molecule has 1 heterocycles. The van der Waals surface area contributed by atoms with Crippen LogP contribution in [-0.2, 0) is 6.42 Å². The molecular formula is C17H19N. The third kappa shape index (κ3) is 3.01. The first-order valence-electron chi connectivity index (χ1n) is 6.36. The van der Waals surface area contributed by atoms with E-state index in [1.807, 2.05) is 6.08 Å². The Balaban J connectivity index is 2.15. The summed E-state index contributed by atoms with van der Waals surface area (Å²) in [6.45, 7) is 6.72. The van der Waals surface area contributed by atoms with Gasteiger partial charge in [0.25, 0.3) is 0 Å². The molecular weight excluding hydrogens is 218 g/mol. The first-order valence-corrected chi connectivity index (χ1v) is 6.36. The number of hydrogen-bond donors (Lipinski definition) is 1. The molecule has 0 radical (unpaired) electrons. The zero-order valence-electron chi connectivity index (χ0n) is 10.8. The summed E-state index contributed by atoms with van der Waals surface area (Å²) in [4.78, 5) is 0. The molecule has 1 aliphatic rings. The van der Waals surface area contributed by atoms with Crippen LogP contribution < -0.4 is 5.32 Å². The van der Waals surface area contributed by atoms with E-state index in [-0.39, 0.29) is 0 Å². The highest BCUT2D eigenvalue weighted by molar-refractivity contribution is 5.67. The van der Waals surface area contributed by atoms with E-state index in [4.69, 9.17) is 0 Å². The van der Waals surface area contributed by atoms with Gasteiger partial charge in [0.15, 0.2) is 0 Å². The molecule has 1 aromatic rings. The molecule has 92 valence electrons. The topological polar surface area (TPSA) is 12.0 Å². The van der Waals surface area contributed by atoms with Crippen molar-refractivity contribution in [2.75, 3.05) is 6.54 Å². The van der Waals surface area contributed by atoms with Crippen molar-refractivity contribution in [1.82, 2.24) is 5.32 Å². The van der Waals surface area contributed by atoms with Gasteiger partial charge in [0.05, 0.1) is 0 Å². The van der Waals surface area contributed by atoms with Gasteiger partial charge in [-0.2, -0.15) is 0 Å². The molecule has 1 aromatic carbocycles. The van der Waals surface area contributed by atoms with Gasteiger partial charge in [-0.15, -0.1) is 0 Å². The monoisotopic (exact) mass is 237 g/mol. The van der Waals surface area contributed by atoms with Crippen molar-refractivity contribution in [1.29, 1.82) is 0 Å². The van der Waals surface area contributed by atoms with Gasteiger partial charge in [0, 0.05) is 12.2 Å². The maximum absolute atomic E-state index is 3.67. The lowest BCUT2D eigenvalue weighted by atomic mass is 10.0. The lowest BCUT2D eigenvalue weighted by molar-refractivity contribution is 0.962. The molecule has 1 heteroatoms. The van der Waals surface area contributed by atoms with E-state index in [0.29, 0.717) is 0 Å². The zero-order chi connectivity index (χ0) is 12.8. The van der Waals surface area contributed by atoms with Crippen LogP contribution in [0.3, 0.4) is 0 Å². The summed E-state index contributed by atoms with van der Waals surface area (Å²) in [7, 11) is 0. The Bertz CT molecular complexity index is 501. The van der Waals surface area contributed by atoms with Gasteiger partial charge in [0.1, 0.15) is 0 Å². The number of aryl methyl sites for hydroxylation is 1. The lowest BCUT2D eigenvalue weighted by Crippen LogP contribution is -2.17. The van der Waals surface area contributed by atoms with Gasteiger partial charge in [-0.25, -0.2) is 0 Å². The maximum atomic E-state index is 3.67. The Morgan fingerprint density at radius 1 is 1.22 bits per heavy atom. The van der Waals surface area contributed by atoms with E-state index in [0.717, 1.165) is 13.0 Å². The average Bonchev–Trinajstić information content (AvgIpc) is 2.46. The second-order valence-corrected chi connectivity index (χ2v) is 4.32. The summed E-state index contributed by atoms with van der Waals surface area (Å²) < 4.78 is 0. The second-order valence-electron chi connectivity index (χ2n) is 4.32. The SMILES string of the molecule is C=C/C=C\C1=CC=C(c2ccc(CC)cc2)NC1. The van der Waals surface area contributed by atoms with Crippen LogP contribution in [0.15, 0.2) is 66.8 Å². The molecule has 0 aromatic heterocycles. The van der Waals surface area contributed by atoms with Crippen LogP contribution in [0.4, 0.5) is 0 Å². The fourth-order valence-electron chi connectivity index (χ4n) is 1.93. The number of hydrogen-bond acceptors (Lipinski definition) is 1. The first-order chi connectivity index (χ1) is 8.83. The van der Waals surface area contributed by atoms with E-state index in [1.165, 1.54) is 22.4 Å². The van der Waals surface area contributed by atoms with Gasteiger partial charge in [-0.3, -0.25) is 0 Å². The van der Waals surface area contributed by atoms with Crippen molar-refractivity contribution in [2.24, 2.45) is 0 Å². The normalized spacial score (nSPS) is 14.9. The molecule has 0 saturated carbocycles. The van der Waals surface area contributed by atoms with E-state index >= 15 is 0 Å². The smallest absolute Gasteiger partial charge is 0.0416 e. The third-order valence-corrected chi connectivity index (χ3v) is 3.07. The van der Waals surface area contributed by atoms with Crippen LogP contribution in [0.2, 0.25) is 0 Å². The minimum Gasteiger partial charge on any atom is -0.380 e. The minimum atomic E-state index is 0.867. The van der Waals surface area contributed by atoms with Crippen LogP contribution in [-0.4, -0.2) is 6.54 Å². The predicted molar refractivity (Wildman–Crippen MR) is 79.2 cm³/mol. The molecule has 1 N–H and O–H groups in total. The van der Waals surface area contributed by atoms with E-state index < -0.39 is 0 Å². The van der Waals surface area contributed by atoms with Crippen molar-refractivity contribution < 1.29 is 0 Å². The summed E-state index contributed by atoms with van der Waals surface area (Å²) >= 11 is 0. The Morgan fingerprint density at radius 3 is 2.56 bits per heavy atom. The van der Waals surface area contributed by atoms with Gasteiger partial charge in [-0.05, 0) is 29.2 Å². The van der Waals surface area contributed by atoms with Crippen molar-refractivity contribution in [2.45, 2.75) is 13.3 Å². The van der Waals surface area contributed by atoms with Crippen LogP contribution in [0, 0.1) is 0 Å². The van der Waals surface area contributed by atoms with Gasteiger partial charge in [-0.1, -0.05) is 62.1 Å². The van der Waals surface area contributed by atoms with Gasteiger partial charge >= 0.3 is 0 Å². The molecule has 2 rings (SSSR count). The molecule has 0 atom stereocenters. The highest BCUT2D eigenvalue weighted by Crippen LogP contribution is 2.17. The molecule has 0 amide bonds. The highest BCUT2D eigenvalue weighted by Gasteiger charge is 2.05. The highest BCUT2D eigenvalue weighted by atomic mass is 14.9. The van der Waals surface area contributed by atoms with E-state index in [2.05, 4.69) is 61.3 Å². The molecule has 1 nitrogen and oxygen atoms in total. The second kappa shape index (κ2) is 6.06. The van der Waals surface area contributed by atoms with Gasteiger partial charge < -0.3 is 5.32 Å². The Hall–Kier alpha value is -2.02. The molecule has 0 fully saturated rings. The maximum Gasteiger partial charge on any atom is 0.0416 e. The van der Waals surface area contributed by atoms with Crippen LogP contribution in [0.25, 0.3) is 5.70 Å². The van der Waals surface area contributed by atoms with Crippen LogP contribution in [0.1, 0.15) is 18.1 Å². The lowest BCUT2D eigenvalue weighted by Gasteiger charge is -2.16. The summed E-state index contributed by atoms with van der Waals surface area (Å²) in [5.74, 6) is 0. The minimum absolute atomic E-state index is 0.867. The van der Waals surface area contributed by atoms with E-state index in [9.17, 15) is 0 Å². The largest absolute Gasteiger partial charge is 0.380 e. The summed E-state index contributed by atoms with van der Waals surface area (Å²) in [6, 6.07) is 8.73. The Morgan fingerprint density at radius 2 is 2.00 bits per heavy atom. The summed E-state index contributed by atoms with van der Waals surface area (Å²) in [6.07, 6.45) is 11.2. The summed E-state index contributed by atoms with van der Waals surface area (Å²) in [5.41, 5.74) is 5.08.